The Hall–Kier alpha value is -2.76. The number of carbonyl (C=O) groups excluding carboxylic acids is 1. The van der Waals surface area contributed by atoms with Crippen LogP contribution in [0.4, 0.5) is 11.5 Å². The van der Waals surface area contributed by atoms with E-state index in [1.54, 1.807) is 42.6 Å². The van der Waals surface area contributed by atoms with E-state index in [1.165, 1.54) is 0 Å². The average Bonchev–Trinajstić information content (AvgIpc) is 2.44. The smallest absolute Gasteiger partial charge is 0.276 e. The minimum absolute atomic E-state index is 0.108. The molecule has 1 amide bonds. The highest BCUT2D eigenvalue weighted by Crippen LogP contribution is 2.13. The van der Waals surface area contributed by atoms with Gasteiger partial charge < -0.3 is 10.5 Å². The molecule has 1 aromatic carbocycles. The molecule has 0 atom stereocenters. The van der Waals surface area contributed by atoms with Crippen LogP contribution in [0.3, 0.4) is 0 Å². The number of carbonyl (C=O) groups is 1. The lowest BCUT2D eigenvalue weighted by molar-refractivity contribution is -0.122. The van der Waals surface area contributed by atoms with Gasteiger partial charge in [0.2, 0.25) is 0 Å². The van der Waals surface area contributed by atoms with Crippen molar-refractivity contribution >= 4 is 17.4 Å². The molecule has 2 aromatic rings. The molecule has 19 heavy (non-hydrogen) atoms. The Morgan fingerprint density at radius 3 is 2.89 bits per heavy atom. The molecular formula is C13H14N4O2. The van der Waals surface area contributed by atoms with Gasteiger partial charge in [-0.15, -0.1) is 0 Å². The number of hydrogen-bond donors (Lipinski definition) is 3. The Bertz CT molecular complexity index is 545. The minimum Gasteiger partial charge on any atom is -0.484 e. The zero-order valence-electron chi connectivity index (χ0n) is 10.2. The first-order valence-electron chi connectivity index (χ1n) is 5.68. The fraction of sp³-hybridized carbons (Fsp3) is 0.0769. The molecule has 6 nitrogen and oxygen atoms in total. The topological polar surface area (TPSA) is 89.3 Å². The molecule has 0 radical (unpaired) electrons. The highest BCUT2D eigenvalue weighted by atomic mass is 16.5. The monoisotopic (exact) mass is 258 g/mol. The third-order valence-corrected chi connectivity index (χ3v) is 2.22. The lowest BCUT2D eigenvalue weighted by atomic mass is 10.3. The van der Waals surface area contributed by atoms with Crippen molar-refractivity contribution in [2.75, 3.05) is 17.8 Å². The number of nitrogens with one attached hydrogen (secondary N) is 2. The molecule has 0 unspecified atom stereocenters. The van der Waals surface area contributed by atoms with Crippen LogP contribution in [0, 0.1) is 0 Å². The molecule has 1 heterocycles. The number of hydrazine groups is 1. The zero-order chi connectivity index (χ0) is 13.5. The summed E-state index contributed by atoms with van der Waals surface area (Å²) in [5, 5.41) is 0. The molecule has 0 spiro atoms. The van der Waals surface area contributed by atoms with Crippen molar-refractivity contribution in [2.24, 2.45) is 0 Å². The Kier molecular flexibility index (Phi) is 4.17. The molecule has 0 saturated carbocycles. The maximum atomic E-state index is 11.5. The molecule has 0 aliphatic heterocycles. The van der Waals surface area contributed by atoms with E-state index in [2.05, 4.69) is 15.8 Å². The lowest BCUT2D eigenvalue weighted by Gasteiger charge is -2.09. The van der Waals surface area contributed by atoms with Crippen molar-refractivity contribution in [1.82, 2.24) is 10.4 Å². The first-order chi connectivity index (χ1) is 9.24. The van der Waals surface area contributed by atoms with Crippen LogP contribution in [0.1, 0.15) is 0 Å². The fourth-order valence-electron chi connectivity index (χ4n) is 1.36. The van der Waals surface area contributed by atoms with E-state index in [-0.39, 0.29) is 12.5 Å². The van der Waals surface area contributed by atoms with E-state index in [9.17, 15) is 4.79 Å². The van der Waals surface area contributed by atoms with E-state index in [1.807, 2.05) is 6.07 Å². The number of hydrogen-bond acceptors (Lipinski definition) is 5. The number of aromatic nitrogens is 1. The number of benzene rings is 1. The van der Waals surface area contributed by atoms with Gasteiger partial charge in [0, 0.05) is 18.0 Å². The van der Waals surface area contributed by atoms with E-state index in [4.69, 9.17) is 10.5 Å². The third kappa shape index (κ3) is 4.19. The minimum atomic E-state index is -0.312. The van der Waals surface area contributed by atoms with Crippen molar-refractivity contribution in [3.63, 3.8) is 0 Å². The zero-order valence-corrected chi connectivity index (χ0v) is 10.2. The van der Waals surface area contributed by atoms with Crippen molar-refractivity contribution in [3.05, 3.63) is 48.7 Å². The third-order valence-electron chi connectivity index (χ3n) is 2.22. The lowest BCUT2D eigenvalue weighted by Crippen LogP contribution is -2.33. The Labute approximate surface area is 110 Å². The molecule has 0 aliphatic carbocycles. The summed E-state index contributed by atoms with van der Waals surface area (Å²) in [7, 11) is 0. The van der Waals surface area contributed by atoms with Crippen LogP contribution >= 0.6 is 0 Å². The highest BCUT2D eigenvalue weighted by molar-refractivity contribution is 5.78. The molecule has 2 rings (SSSR count). The molecule has 0 bridgehead atoms. The summed E-state index contributed by atoms with van der Waals surface area (Å²) >= 11 is 0. The number of pyridine rings is 1. The molecule has 0 fully saturated rings. The maximum Gasteiger partial charge on any atom is 0.276 e. The van der Waals surface area contributed by atoms with Gasteiger partial charge in [-0.3, -0.25) is 15.6 Å². The van der Waals surface area contributed by atoms with Gasteiger partial charge in [-0.25, -0.2) is 4.98 Å². The summed E-state index contributed by atoms with van der Waals surface area (Å²) < 4.78 is 5.28. The van der Waals surface area contributed by atoms with Gasteiger partial charge >= 0.3 is 0 Å². The van der Waals surface area contributed by atoms with E-state index in [0.717, 1.165) is 0 Å². The number of anilines is 2. The number of rotatable bonds is 5. The Morgan fingerprint density at radius 1 is 1.26 bits per heavy atom. The summed E-state index contributed by atoms with van der Waals surface area (Å²) in [6, 6.07) is 12.2. The van der Waals surface area contributed by atoms with Crippen molar-refractivity contribution in [2.45, 2.75) is 0 Å². The quantitative estimate of drug-likeness (QED) is 0.553. The predicted molar refractivity (Wildman–Crippen MR) is 72.4 cm³/mol. The van der Waals surface area contributed by atoms with E-state index < -0.39 is 0 Å². The summed E-state index contributed by atoms with van der Waals surface area (Å²) in [6.07, 6.45) is 1.62. The molecule has 0 aliphatic rings. The number of nitrogens with two attached hydrogens (primary N) is 1. The van der Waals surface area contributed by atoms with Crippen LogP contribution in [0.5, 0.6) is 5.75 Å². The second-order valence-corrected chi connectivity index (χ2v) is 3.75. The normalized spacial score (nSPS) is 9.68. The maximum absolute atomic E-state index is 11.5. The summed E-state index contributed by atoms with van der Waals surface area (Å²) in [6.45, 7) is -0.108. The van der Waals surface area contributed by atoms with Crippen LogP contribution in [-0.2, 0) is 4.79 Å². The molecule has 0 saturated heterocycles. The van der Waals surface area contributed by atoms with Gasteiger partial charge in [0.1, 0.15) is 11.6 Å². The number of nitrogen functional groups attached to an aromatic ring is 1. The van der Waals surface area contributed by atoms with E-state index >= 15 is 0 Å². The van der Waals surface area contributed by atoms with Crippen LogP contribution < -0.4 is 21.3 Å². The summed E-state index contributed by atoms with van der Waals surface area (Å²) in [5.41, 5.74) is 11.3. The van der Waals surface area contributed by atoms with Gasteiger partial charge in [-0.05, 0) is 24.3 Å². The van der Waals surface area contributed by atoms with Gasteiger partial charge in [0.25, 0.3) is 5.91 Å². The molecule has 6 heteroatoms. The molecular weight excluding hydrogens is 244 g/mol. The molecule has 1 aromatic heterocycles. The van der Waals surface area contributed by atoms with Crippen LogP contribution in [0.15, 0.2) is 48.7 Å². The number of ether oxygens (including phenoxy) is 1. The molecule has 98 valence electrons. The number of nitrogens with zero attached hydrogens (tertiary/aromatic N) is 1. The first kappa shape index (κ1) is 12.7. The van der Waals surface area contributed by atoms with E-state index in [0.29, 0.717) is 17.3 Å². The summed E-state index contributed by atoms with van der Waals surface area (Å²) in [5.74, 6) is 0.792. The first-order valence-corrected chi connectivity index (χ1v) is 5.68. The number of amides is 1. The second-order valence-electron chi connectivity index (χ2n) is 3.75. The van der Waals surface area contributed by atoms with Crippen LogP contribution in [0.2, 0.25) is 0 Å². The second kappa shape index (κ2) is 6.25. The van der Waals surface area contributed by atoms with Crippen LogP contribution in [0.25, 0.3) is 0 Å². The van der Waals surface area contributed by atoms with Crippen molar-refractivity contribution < 1.29 is 9.53 Å². The van der Waals surface area contributed by atoms with Crippen molar-refractivity contribution in [3.8, 4) is 5.75 Å². The Morgan fingerprint density at radius 2 is 2.16 bits per heavy atom. The van der Waals surface area contributed by atoms with Gasteiger partial charge in [0.15, 0.2) is 6.61 Å². The van der Waals surface area contributed by atoms with Gasteiger partial charge in [-0.1, -0.05) is 12.1 Å². The van der Waals surface area contributed by atoms with Gasteiger partial charge in [-0.2, -0.15) is 0 Å². The SMILES string of the molecule is Nc1cccc(OCC(=O)NNc2ccccn2)c1. The largest absolute Gasteiger partial charge is 0.484 e. The van der Waals surface area contributed by atoms with Gasteiger partial charge in [0.05, 0.1) is 0 Å². The van der Waals surface area contributed by atoms with Crippen molar-refractivity contribution in [1.29, 1.82) is 0 Å². The predicted octanol–water partition coefficient (Wildman–Crippen LogP) is 1.19. The molecule has 4 N–H and O–H groups in total. The Balaban J connectivity index is 1.76. The average molecular weight is 258 g/mol. The fourth-order valence-corrected chi connectivity index (χ4v) is 1.36. The standard InChI is InChI=1S/C13H14N4O2/c14-10-4-3-5-11(8-10)19-9-13(18)17-16-12-6-1-2-7-15-12/h1-8H,9,14H2,(H,15,16)(H,17,18). The summed E-state index contributed by atoms with van der Waals surface area (Å²) in [4.78, 5) is 15.5. The van der Waals surface area contributed by atoms with Crippen LogP contribution in [-0.4, -0.2) is 17.5 Å². The highest BCUT2D eigenvalue weighted by Gasteiger charge is 2.02.